The number of hydrogen-bond acceptors (Lipinski definition) is 7. The zero-order valence-corrected chi connectivity index (χ0v) is 14.2. The first kappa shape index (κ1) is 18.1. The van der Waals surface area contributed by atoms with Crippen molar-refractivity contribution in [2.75, 3.05) is 13.7 Å². The van der Waals surface area contributed by atoms with Gasteiger partial charge in [0.25, 0.3) is 0 Å². The molecule has 0 bridgehead atoms. The van der Waals surface area contributed by atoms with Crippen molar-refractivity contribution in [2.45, 2.75) is 38.8 Å². The fourth-order valence-corrected chi connectivity index (χ4v) is 2.30. The Morgan fingerprint density at radius 1 is 1.54 bits per heavy atom. The molecule has 1 aromatic rings. The monoisotopic (exact) mass is 336 g/mol. The highest BCUT2D eigenvalue weighted by atomic mass is 16.7. The molecular weight excluding hydrogens is 312 g/mol. The Morgan fingerprint density at radius 3 is 2.96 bits per heavy atom. The van der Waals surface area contributed by atoms with Crippen molar-refractivity contribution < 1.29 is 24.2 Å². The third kappa shape index (κ3) is 4.17. The van der Waals surface area contributed by atoms with Gasteiger partial charge in [-0.15, -0.1) is 0 Å². The summed E-state index contributed by atoms with van der Waals surface area (Å²) in [5.74, 6) is 0.0702. The molecule has 0 saturated carbocycles. The predicted octanol–water partition coefficient (Wildman–Crippen LogP) is 1.81. The normalized spacial score (nSPS) is 19.2. The molecule has 1 aliphatic rings. The molecule has 7 heteroatoms. The number of rotatable bonds is 7. The topological polar surface area (TPSA) is 103 Å². The number of nitrogens with zero attached hydrogens (tertiary/aromatic N) is 1. The summed E-state index contributed by atoms with van der Waals surface area (Å²) in [7, 11) is 1.48. The fourth-order valence-electron chi connectivity index (χ4n) is 2.30. The molecule has 2 unspecified atom stereocenters. The number of esters is 1. The summed E-state index contributed by atoms with van der Waals surface area (Å²) in [6, 6.07) is 4.32. The van der Waals surface area contributed by atoms with Crippen LogP contribution in [0.4, 0.5) is 0 Å². The molecule has 1 heterocycles. The molecule has 3 atom stereocenters. The first-order valence-corrected chi connectivity index (χ1v) is 7.98. The van der Waals surface area contributed by atoms with Crippen LogP contribution in [0.15, 0.2) is 23.4 Å². The minimum absolute atomic E-state index is 0.0604. The van der Waals surface area contributed by atoms with Crippen LogP contribution >= 0.6 is 0 Å². The number of carbonyl (C=O) groups excluding carboxylic acids is 1. The van der Waals surface area contributed by atoms with Crippen molar-refractivity contribution in [3.63, 3.8) is 0 Å². The number of phenols is 1. The fraction of sp³-hybridized carbons (Fsp3) is 0.529. The number of phenolic OH excluding ortho intramolecular Hbond substituents is 1. The van der Waals surface area contributed by atoms with Gasteiger partial charge in [0.1, 0.15) is 12.6 Å². The molecular formula is C17H24N2O5. The van der Waals surface area contributed by atoms with Gasteiger partial charge in [0.2, 0.25) is 0 Å². The van der Waals surface area contributed by atoms with Gasteiger partial charge in [-0.25, -0.2) is 0 Å². The lowest BCUT2D eigenvalue weighted by Crippen LogP contribution is -2.39. The SMILES string of the molecule is CCC(C)[C@H](N)C(=O)OCC1CC(c2ccc(O)c(OC)c2)=NO1. The van der Waals surface area contributed by atoms with E-state index < -0.39 is 12.0 Å². The number of nitrogens with two attached hydrogens (primary N) is 1. The maximum atomic E-state index is 11.9. The number of methoxy groups -OCH3 is 1. The third-order valence-corrected chi connectivity index (χ3v) is 4.19. The summed E-state index contributed by atoms with van der Waals surface area (Å²) in [5, 5.41) is 13.7. The molecule has 3 N–H and O–H groups in total. The van der Waals surface area contributed by atoms with Crippen molar-refractivity contribution in [1.82, 2.24) is 0 Å². The Hall–Kier alpha value is -2.28. The lowest BCUT2D eigenvalue weighted by Gasteiger charge is -2.17. The number of benzene rings is 1. The van der Waals surface area contributed by atoms with Crippen LogP contribution in [0.1, 0.15) is 32.3 Å². The molecule has 0 spiro atoms. The summed E-state index contributed by atoms with van der Waals surface area (Å²) in [5.41, 5.74) is 7.33. The van der Waals surface area contributed by atoms with Crippen molar-refractivity contribution in [3.05, 3.63) is 23.8 Å². The van der Waals surface area contributed by atoms with E-state index >= 15 is 0 Å². The summed E-state index contributed by atoms with van der Waals surface area (Å²) in [6.45, 7) is 3.99. The highest BCUT2D eigenvalue weighted by Gasteiger charge is 2.27. The number of ether oxygens (including phenoxy) is 2. The molecule has 24 heavy (non-hydrogen) atoms. The van der Waals surface area contributed by atoms with E-state index in [2.05, 4.69) is 5.16 Å². The van der Waals surface area contributed by atoms with Gasteiger partial charge in [-0.2, -0.15) is 0 Å². The van der Waals surface area contributed by atoms with E-state index in [-0.39, 0.29) is 24.4 Å². The van der Waals surface area contributed by atoms with Crippen LogP contribution in [0, 0.1) is 5.92 Å². The van der Waals surface area contributed by atoms with Gasteiger partial charge in [-0.3, -0.25) is 4.79 Å². The first-order chi connectivity index (χ1) is 11.5. The zero-order chi connectivity index (χ0) is 17.7. The maximum absolute atomic E-state index is 11.9. The molecule has 1 aromatic carbocycles. The van der Waals surface area contributed by atoms with E-state index in [0.29, 0.717) is 17.9 Å². The standard InChI is InChI=1S/C17H24N2O5/c1-4-10(2)16(18)17(21)23-9-12-8-13(19-24-12)11-5-6-14(20)15(7-11)22-3/h5-7,10,12,16,20H,4,8-9,18H2,1-3H3/t10?,12?,16-/m0/s1. The summed E-state index contributed by atoms with van der Waals surface area (Å²) in [4.78, 5) is 17.2. The Bertz CT molecular complexity index is 617. The molecule has 0 aromatic heterocycles. The minimum atomic E-state index is -0.627. The van der Waals surface area contributed by atoms with E-state index in [1.807, 2.05) is 13.8 Å². The quantitative estimate of drug-likeness (QED) is 0.736. The summed E-state index contributed by atoms with van der Waals surface area (Å²) >= 11 is 0. The predicted molar refractivity (Wildman–Crippen MR) is 89.1 cm³/mol. The second-order valence-electron chi connectivity index (χ2n) is 5.90. The van der Waals surface area contributed by atoms with Crippen molar-refractivity contribution in [3.8, 4) is 11.5 Å². The van der Waals surface area contributed by atoms with E-state index in [0.717, 1.165) is 12.0 Å². The first-order valence-electron chi connectivity index (χ1n) is 7.98. The van der Waals surface area contributed by atoms with Crippen LogP contribution < -0.4 is 10.5 Å². The summed E-state index contributed by atoms with van der Waals surface area (Å²) < 4.78 is 10.3. The average molecular weight is 336 g/mol. The van der Waals surface area contributed by atoms with Crippen LogP contribution in [0.3, 0.4) is 0 Å². The van der Waals surface area contributed by atoms with E-state index in [1.54, 1.807) is 12.1 Å². The van der Waals surface area contributed by atoms with Gasteiger partial charge < -0.3 is 25.2 Å². The third-order valence-electron chi connectivity index (χ3n) is 4.19. The van der Waals surface area contributed by atoms with Gasteiger partial charge in [-0.1, -0.05) is 25.4 Å². The van der Waals surface area contributed by atoms with Crippen molar-refractivity contribution in [2.24, 2.45) is 16.8 Å². The number of oxime groups is 1. The highest BCUT2D eigenvalue weighted by molar-refractivity contribution is 6.01. The number of carbonyl (C=O) groups is 1. The Labute approximate surface area is 141 Å². The second kappa shape index (κ2) is 8.01. The van der Waals surface area contributed by atoms with Crippen molar-refractivity contribution in [1.29, 1.82) is 0 Å². The van der Waals surface area contributed by atoms with Gasteiger partial charge in [0.15, 0.2) is 17.6 Å². The molecule has 0 fully saturated rings. The minimum Gasteiger partial charge on any atom is -0.504 e. The van der Waals surface area contributed by atoms with Gasteiger partial charge >= 0.3 is 5.97 Å². The zero-order valence-electron chi connectivity index (χ0n) is 14.2. The number of aromatic hydroxyl groups is 1. The van der Waals surface area contributed by atoms with Crippen LogP contribution in [0.2, 0.25) is 0 Å². The van der Waals surface area contributed by atoms with Crippen LogP contribution in [-0.2, 0) is 14.4 Å². The Kier molecular flexibility index (Phi) is 6.03. The summed E-state index contributed by atoms with van der Waals surface area (Å²) in [6.07, 6.45) is 0.972. The molecule has 0 radical (unpaired) electrons. The van der Waals surface area contributed by atoms with Crippen LogP contribution in [0.5, 0.6) is 11.5 Å². The molecule has 0 saturated heterocycles. The molecule has 0 amide bonds. The molecule has 1 aliphatic heterocycles. The lowest BCUT2D eigenvalue weighted by molar-refractivity contribution is -0.150. The second-order valence-corrected chi connectivity index (χ2v) is 5.90. The van der Waals surface area contributed by atoms with Crippen LogP contribution in [-0.4, -0.2) is 42.7 Å². The maximum Gasteiger partial charge on any atom is 0.323 e. The van der Waals surface area contributed by atoms with Gasteiger partial charge in [0, 0.05) is 12.0 Å². The Morgan fingerprint density at radius 2 is 2.29 bits per heavy atom. The van der Waals surface area contributed by atoms with E-state index in [9.17, 15) is 9.90 Å². The number of hydrogen-bond donors (Lipinski definition) is 2. The van der Waals surface area contributed by atoms with Crippen molar-refractivity contribution >= 4 is 11.7 Å². The molecule has 132 valence electrons. The molecule has 2 rings (SSSR count). The smallest absolute Gasteiger partial charge is 0.323 e. The van der Waals surface area contributed by atoms with E-state index in [1.165, 1.54) is 13.2 Å². The molecule has 0 aliphatic carbocycles. The highest BCUT2D eigenvalue weighted by Crippen LogP contribution is 2.28. The van der Waals surface area contributed by atoms with E-state index in [4.69, 9.17) is 20.0 Å². The Balaban J connectivity index is 1.88. The molecule has 7 nitrogen and oxygen atoms in total. The average Bonchev–Trinajstić information content (AvgIpc) is 3.07. The van der Waals surface area contributed by atoms with Gasteiger partial charge in [-0.05, 0) is 24.1 Å². The van der Waals surface area contributed by atoms with Gasteiger partial charge in [0.05, 0.1) is 12.8 Å². The van der Waals surface area contributed by atoms with Crippen LogP contribution in [0.25, 0.3) is 0 Å². The lowest BCUT2D eigenvalue weighted by atomic mass is 10.0. The largest absolute Gasteiger partial charge is 0.504 e.